The summed E-state index contributed by atoms with van der Waals surface area (Å²) in [7, 11) is 0. The summed E-state index contributed by atoms with van der Waals surface area (Å²) < 4.78 is 6.34. The standard InChI is InChI=1S/C15H24O2/c1-9-5-11(16)15-13(4)7-10(13)6-12(2,3)8-14(9,15)17-15/h9-11,16H,5-8H2,1-4H3/t9-,10-,11+,13-,14-,15-/m1/s1. The van der Waals surface area contributed by atoms with Crippen molar-refractivity contribution in [2.24, 2.45) is 22.7 Å². The molecule has 2 heteroatoms. The molecule has 0 amide bonds. The summed E-state index contributed by atoms with van der Waals surface area (Å²) in [6.45, 7) is 9.41. The maximum absolute atomic E-state index is 10.5. The summed E-state index contributed by atoms with van der Waals surface area (Å²) in [6, 6.07) is 0. The molecule has 0 unspecified atom stereocenters. The van der Waals surface area contributed by atoms with Gasteiger partial charge in [0.05, 0.1) is 6.10 Å². The molecule has 0 aromatic rings. The molecule has 0 radical (unpaired) electrons. The van der Waals surface area contributed by atoms with Gasteiger partial charge in [0.25, 0.3) is 0 Å². The van der Waals surface area contributed by atoms with Gasteiger partial charge in [-0.15, -0.1) is 0 Å². The van der Waals surface area contributed by atoms with Crippen LogP contribution in [0.4, 0.5) is 0 Å². The Bertz CT molecular complexity index is 404. The first kappa shape index (κ1) is 10.8. The van der Waals surface area contributed by atoms with Crippen molar-refractivity contribution in [3.05, 3.63) is 0 Å². The lowest BCUT2D eigenvalue weighted by Gasteiger charge is -2.29. The Kier molecular flexibility index (Phi) is 1.57. The summed E-state index contributed by atoms with van der Waals surface area (Å²) >= 11 is 0. The van der Waals surface area contributed by atoms with Crippen LogP contribution in [0, 0.1) is 22.7 Å². The number of aliphatic hydroxyl groups excluding tert-OH is 1. The number of ether oxygens (including phenoxy) is 1. The Morgan fingerprint density at radius 2 is 1.88 bits per heavy atom. The maximum atomic E-state index is 10.5. The third-order valence-corrected chi connectivity index (χ3v) is 6.57. The second-order valence-electron chi connectivity index (χ2n) is 8.24. The van der Waals surface area contributed by atoms with Crippen LogP contribution in [-0.4, -0.2) is 22.4 Å². The number of hydrogen-bond donors (Lipinski definition) is 1. The predicted molar refractivity (Wildman–Crippen MR) is 65.6 cm³/mol. The van der Waals surface area contributed by atoms with Crippen LogP contribution in [-0.2, 0) is 4.74 Å². The largest absolute Gasteiger partial charge is 0.390 e. The molecule has 4 aliphatic rings. The summed E-state index contributed by atoms with van der Waals surface area (Å²) in [5.74, 6) is 1.30. The van der Waals surface area contributed by atoms with E-state index in [9.17, 15) is 5.11 Å². The zero-order valence-electron chi connectivity index (χ0n) is 11.4. The number of aliphatic hydroxyl groups is 1. The number of fused-ring (bicyclic) bond motifs is 1. The molecule has 6 atom stereocenters. The highest BCUT2D eigenvalue weighted by Gasteiger charge is 2.90. The molecule has 3 aliphatic carbocycles. The van der Waals surface area contributed by atoms with Crippen molar-refractivity contribution in [2.45, 2.75) is 70.7 Å². The smallest absolute Gasteiger partial charge is 0.129 e. The molecule has 1 heterocycles. The summed E-state index contributed by atoms with van der Waals surface area (Å²) in [5, 5.41) is 10.5. The normalized spacial score (nSPS) is 66.5. The maximum Gasteiger partial charge on any atom is 0.129 e. The van der Waals surface area contributed by atoms with Crippen molar-refractivity contribution < 1.29 is 9.84 Å². The van der Waals surface area contributed by atoms with E-state index in [2.05, 4.69) is 27.7 Å². The van der Waals surface area contributed by atoms with Crippen molar-refractivity contribution in [1.29, 1.82) is 0 Å². The van der Waals surface area contributed by atoms with Crippen LogP contribution in [0.25, 0.3) is 0 Å². The minimum atomic E-state index is -0.221. The number of hydrogen-bond acceptors (Lipinski definition) is 2. The van der Waals surface area contributed by atoms with Gasteiger partial charge in [-0.1, -0.05) is 27.7 Å². The zero-order chi connectivity index (χ0) is 12.3. The highest BCUT2D eigenvalue weighted by Crippen LogP contribution is 2.83. The van der Waals surface area contributed by atoms with Crippen LogP contribution in [0.15, 0.2) is 0 Å². The summed E-state index contributed by atoms with van der Waals surface area (Å²) in [4.78, 5) is 0. The minimum Gasteiger partial charge on any atom is -0.390 e. The van der Waals surface area contributed by atoms with Crippen LogP contribution < -0.4 is 0 Å². The van der Waals surface area contributed by atoms with E-state index >= 15 is 0 Å². The molecule has 17 heavy (non-hydrogen) atoms. The van der Waals surface area contributed by atoms with Gasteiger partial charge in [-0.2, -0.15) is 0 Å². The van der Waals surface area contributed by atoms with E-state index in [1.54, 1.807) is 0 Å². The molecule has 4 rings (SSSR count). The van der Waals surface area contributed by atoms with Crippen LogP contribution in [0.5, 0.6) is 0 Å². The molecule has 4 fully saturated rings. The monoisotopic (exact) mass is 236 g/mol. The fraction of sp³-hybridized carbons (Fsp3) is 1.00. The third kappa shape index (κ3) is 0.920. The van der Waals surface area contributed by atoms with E-state index in [1.165, 1.54) is 12.8 Å². The molecule has 0 spiro atoms. The van der Waals surface area contributed by atoms with Crippen molar-refractivity contribution >= 4 is 0 Å². The van der Waals surface area contributed by atoms with Crippen LogP contribution >= 0.6 is 0 Å². The second kappa shape index (κ2) is 2.46. The molecule has 0 bridgehead atoms. The molecular weight excluding hydrogens is 212 g/mol. The molecule has 1 N–H and O–H groups in total. The Hall–Kier alpha value is -0.0800. The van der Waals surface area contributed by atoms with Crippen LogP contribution in [0.3, 0.4) is 0 Å². The Balaban J connectivity index is 1.85. The van der Waals surface area contributed by atoms with Gasteiger partial charge in [-0.05, 0) is 42.9 Å². The topological polar surface area (TPSA) is 32.8 Å². The molecule has 0 aromatic heterocycles. The Morgan fingerprint density at radius 1 is 1.18 bits per heavy atom. The molecular formula is C15H24O2. The highest BCUT2D eigenvalue weighted by atomic mass is 16.7. The first-order chi connectivity index (χ1) is 7.78. The van der Waals surface area contributed by atoms with E-state index < -0.39 is 0 Å². The lowest BCUT2D eigenvalue weighted by atomic mass is 9.73. The van der Waals surface area contributed by atoms with Gasteiger partial charge in [0, 0.05) is 5.41 Å². The van der Waals surface area contributed by atoms with Crippen LogP contribution in [0.2, 0.25) is 0 Å². The van der Waals surface area contributed by atoms with Crippen molar-refractivity contribution in [3.8, 4) is 0 Å². The minimum absolute atomic E-state index is 0.00984. The summed E-state index contributed by atoms with van der Waals surface area (Å²) in [6.07, 6.45) is 4.45. The Morgan fingerprint density at radius 3 is 2.59 bits per heavy atom. The van der Waals surface area contributed by atoms with Crippen molar-refractivity contribution in [2.75, 3.05) is 0 Å². The Labute approximate surface area is 104 Å². The fourth-order valence-electron chi connectivity index (χ4n) is 5.75. The van der Waals surface area contributed by atoms with Crippen molar-refractivity contribution in [1.82, 2.24) is 0 Å². The number of rotatable bonds is 0. The van der Waals surface area contributed by atoms with E-state index in [-0.39, 0.29) is 22.7 Å². The highest BCUT2D eigenvalue weighted by molar-refractivity contribution is 5.38. The first-order valence-corrected chi connectivity index (χ1v) is 7.16. The molecule has 3 saturated carbocycles. The van der Waals surface area contributed by atoms with E-state index in [0.29, 0.717) is 11.3 Å². The molecule has 0 aromatic carbocycles. The third-order valence-electron chi connectivity index (χ3n) is 6.57. The lowest BCUT2D eigenvalue weighted by Crippen LogP contribution is -2.39. The quantitative estimate of drug-likeness (QED) is 0.656. The number of epoxide rings is 1. The fourth-order valence-corrected chi connectivity index (χ4v) is 5.75. The average molecular weight is 236 g/mol. The van der Waals surface area contributed by atoms with Crippen LogP contribution in [0.1, 0.15) is 53.4 Å². The molecule has 1 saturated heterocycles. The van der Waals surface area contributed by atoms with Crippen molar-refractivity contribution in [3.63, 3.8) is 0 Å². The average Bonchev–Trinajstić information content (AvgIpc) is 2.99. The van der Waals surface area contributed by atoms with Gasteiger partial charge in [-0.25, -0.2) is 0 Å². The molecule has 1 aliphatic heterocycles. The summed E-state index contributed by atoms with van der Waals surface area (Å²) in [5.41, 5.74) is 0.484. The van der Waals surface area contributed by atoms with E-state index in [0.717, 1.165) is 18.8 Å². The zero-order valence-corrected chi connectivity index (χ0v) is 11.4. The van der Waals surface area contributed by atoms with Gasteiger partial charge in [0.1, 0.15) is 11.2 Å². The molecule has 96 valence electrons. The predicted octanol–water partition coefficient (Wildman–Crippen LogP) is 2.74. The van der Waals surface area contributed by atoms with E-state index in [4.69, 9.17) is 4.74 Å². The van der Waals surface area contributed by atoms with Gasteiger partial charge >= 0.3 is 0 Å². The second-order valence-corrected chi connectivity index (χ2v) is 8.24. The van der Waals surface area contributed by atoms with Gasteiger partial charge in [-0.3, -0.25) is 0 Å². The lowest BCUT2D eigenvalue weighted by molar-refractivity contribution is 0.00265. The first-order valence-electron chi connectivity index (χ1n) is 7.16. The molecule has 2 nitrogen and oxygen atoms in total. The van der Waals surface area contributed by atoms with Gasteiger partial charge in [0.15, 0.2) is 0 Å². The van der Waals surface area contributed by atoms with Gasteiger partial charge in [0.2, 0.25) is 0 Å². The SMILES string of the molecule is C[C@@H]1C[C@H](O)[C@]23O[C@]12CC(C)(C)C[C@@H]1C[C@]13C. The van der Waals surface area contributed by atoms with Gasteiger partial charge < -0.3 is 9.84 Å². The van der Waals surface area contributed by atoms with E-state index in [1.807, 2.05) is 0 Å².